The van der Waals surface area contributed by atoms with Crippen LogP contribution < -0.4 is 10.4 Å². The van der Waals surface area contributed by atoms with E-state index in [-0.39, 0.29) is 5.56 Å². The number of fused-ring (bicyclic) bond motifs is 1. The molecule has 0 N–H and O–H groups in total. The maximum absolute atomic E-state index is 11.8. The van der Waals surface area contributed by atoms with Crippen LogP contribution in [-0.4, -0.2) is 16.6 Å². The molecule has 1 heterocycles. The summed E-state index contributed by atoms with van der Waals surface area (Å²) in [5.41, 5.74) is -0.207. The Kier molecular flexibility index (Phi) is 2.67. The normalized spacial score (nSPS) is 10.5. The molecule has 0 saturated carbocycles. The molecular weight excluding hydrogens is 192 g/mol. The number of aromatic nitrogens is 2. The van der Waals surface area contributed by atoms with E-state index in [1.165, 1.54) is 0 Å². The Labute approximate surface area is 87.1 Å². The van der Waals surface area contributed by atoms with E-state index in [1.54, 1.807) is 12.3 Å². The zero-order valence-electron chi connectivity index (χ0n) is 8.51. The van der Waals surface area contributed by atoms with Gasteiger partial charge in [-0.15, -0.1) is 5.10 Å². The van der Waals surface area contributed by atoms with E-state index in [2.05, 4.69) is 5.10 Å². The molecule has 0 bridgehead atoms. The third-order valence-electron chi connectivity index (χ3n) is 2.08. The van der Waals surface area contributed by atoms with Gasteiger partial charge in [0.1, 0.15) is 6.61 Å². The molecule has 2 aromatic rings. The highest BCUT2D eigenvalue weighted by Crippen LogP contribution is 2.05. The largest absolute Gasteiger partial charge is 0.394 e. The van der Waals surface area contributed by atoms with Crippen LogP contribution >= 0.6 is 0 Å². The van der Waals surface area contributed by atoms with Crippen molar-refractivity contribution >= 4 is 10.8 Å². The molecule has 0 aliphatic heterocycles. The van der Waals surface area contributed by atoms with Gasteiger partial charge in [0.25, 0.3) is 0 Å². The van der Waals surface area contributed by atoms with Crippen LogP contribution in [0, 0.1) is 0 Å². The van der Waals surface area contributed by atoms with Crippen molar-refractivity contribution in [2.75, 3.05) is 6.61 Å². The van der Waals surface area contributed by atoms with Crippen LogP contribution in [-0.2, 0) is 0 Å². The molecule has 0 atom stereocenters. The van der Waals surface area contributed by atoms with Gasteiger partial charge in [-0.3, -0.25) is 4.79 Å². The number of nitrogens with zero attached hydrogens (tertiary/aromatic N) is 2. The standard InChI is InChI=1S/C11H12N2O2/c1-2-7-15-13-11(14)10-6-4-3-5-9(10)8-12-13/h3-6,8H,2,7H2,1H3. The van der Waals surface area contributed by atoms with Gasteiger partial charge >= 0.3 is 5.56 Å². The molecule has 4 nitrogen and oxygen atoms in total. The van der Waals surface area contributed by atoms with Gasteiger partial charge in [-0.25, -0.2) is 0 Å². The lowest BCUT2D eigenvalue weighted by Crippen LogP contribution is -2.29. The molecule has 1 aromatic heterocycles. The maximum Gasteiger partial charge on any atom is 0.310 e. The van der Waals surface area contributed by atoms with Crippen LogP contribution in [0.25, 0.3) is 10.8 Å². The van der Waals surface area contributed by atoms with Crippen molar-refractivity contribution in [3.8, 4) is 0 Å². The van der Waals surface area contributed by atoms with Crippen molar-refractivity contribution in [2.24, 2.45) is 0 Å². The van der Waals surface area contributed by atoms with Crippen LogP contribution in [0.3, 0.4) is 0 Å². The zero-order chi connectivity index (χ0) is 10.7. The van der Waals surface area contributed by atoms with Crippen molar-refractivity contribution in [1.82, 2.24) is 9.94 Å². The second kappa shape index (κ2) is 4.13. The summed E-state index contributed by atoms with van der Waals surface area (Å²) in [5, 5.41) is 5.39. The van der Waals surface area contributed by atoms with Gasteiger partial charge in [-0.05, 0) is 12.5 Å². The predicted molar refractivity (Wildman–Crippen MR) is 57.7 cm³/mol. The van der Waals surface area contributed by atoms with Crippen LogP contribution in [0.1, 0.15) is 13.3 Å². The topological polar surface area (TPSA) is 44.1 Å². The summed E-state index contributed by atoms with van der Waals surface area (Å²) in [5.74, 6) is 0. The minimum atomic E-state index is -0.207. The molecule has 78 valence electrons. The average molecular weight is 204 g/mol. The Balaban J connectivity index is 2.51. The van der Waals surface area contributed by atoms with E-state index in [0.717, 1.165) is 16.7 Å². The summed E-state index contributed by atoms with van der Waals surface area (Å²) in [6.07, 6.45) is 2.48. The van der Waals surface area contributed by atoms with E-state index < -0.39 is 0 Å². The highest BCUT2D eigenvalue weighted by atomic mass is 16.7. The number of hydrogen-bond donors (Lipinski definition) is 0. The third-order valence-corrected chi connectivity index (χ3v) is 2.08. The molecule has 0 unspecified atom stereocenters. The van der Waals surface area contributed by atoms with E-state index >= 15 is 0 Å². The number of benzene rings is 1. The van der Waals surface area contributed by atoms with Gasteiger partial charge < -0.3 is 4.84 Å². The predicted octanol–water partition coefficient (Wildman–Crippen LogP) is 1.24. The Hall–Kier alpha value is -1.84. The zero-order valence-corrected chi connectivity index (χ0v) is 8.51. The minimum absolute atomic E-state index is 0.207. The van der Waals surface area contributed by atoms with Crippen LogP contribution in [0.4, 0.5) is 0 Å². The molecule has 0 fully saturated rings. The minimum Gasteiger partial charge on any atom is -0.394 e. The molecular formula is C11H12N2O2. The van der Waals surface area contributed by atoms with Crippen molar-refractivity contribution in [3.63, 3.8) is 0 Å². The van der Waals surface area contributed by atoms with Crippen molar-refractivity contribution in [1.29, 1.82) is 0 Å². The fourth-order valence-electron chi connectivity index (χ4n) is 1.34. The van der Waals surface area contributed by atoms with Crippen molar-refractivity contribution in [3.05, 3.63) is 40.8 Å². The SMILES string of the molecule is CCCOn1ncc2ccccc2c1=O. The second-order valence-corrected chi connectivity index (χ2v) is 3.24. The summed E-state index contributed by atoms with van der Waals surface area (Å²) in [6.45, 7) is 2.47. The van der Waals surface area contributed by atoms with E-state index in [9.17, 15) is 4.79 Å². The first-order valence-electron chi connectivity index (χ1n) is 4.93. The Morgan fingerprint density at radius 1 is 1.40 bits per heavy atom. The van der Waals surface area contributed by atoms with Gasteiger partial charge in [-0.1, -0.05) is 30.0 Å². The van der Waals surface area contributed by atoms with Crippen molar-refractivity contribution in [2.45, 2.75) is 13.3 Å². The van der Waals surface area contributed by atoms with E-state index in [0.29, 0.717) is 12.0 Å². The fourth-order valence-corrected chi connectivity index (χ4v) is 1.34. The van der Waals surface area contributed by atoms with Crippen LogP contribution in [0.15, 0.2) is 35.3 Å². The highest BCUT2D eigenvalue weighted by molar-refractivity contribution is 5.80. The molecule has 4 heteroatoms. The van der Waals surface area contributed by atoms with Crippen LogP contribution in [0.5, 0.6) is 0 Å². The first-order chi connectivity index (χ1) is 7.33. The summed E-state index contributed by atoms with van der Waals surface area (Å²) < 4.78 is 0. The smallest absolute Gasteiger partial charge is 0.310 e. The summed E-state index contributed by atoms with van der Waals surface area (Å²) in [6, 6.07) is 7.33. The van der Waals surface area contributed by atoms with Gasteiger partial charge in [0.2, 0.25) is 0 Å². The first-order valence-corrected chi connectivity index (χ1v) is 4.93. The molecule has 1 aromatic carbocycles. The van der Waals surface area contributed by atoms with Crippen molar-refractivity contribution < 1.29 is 4.84 Å². The summed E-state index contributed by atoms with van der Waals surface area (Å²) in [7, 11) is 0. The summed E-state index contributed by atoms with van der Waals surface area (Å²) >= 11 is 0. The lowest BCUT2D eigenvalue weighted by Gasteiger charge is -2.05. The molecule has 2 rings (SSSR count). The molecule has 0 radical (unpaired) electrons. The Bertz CT molecular complexity index is 519. The van der Waals surface area contributed by atoms with E-state index in [1.807, 2.05) is 25.1 Å². The van der Waals surface area contributed by atoms with Gasteiger partial charge in [0, 0.05) is 5.39 Å². The van der Waals surface area contributed by atoms with Gasteiger partial charge in [-0.2, -0.15) is 0 Å². The van der Waals surface area contributed by atoms with E-state index in [4.69, 9.17) is 4.84 Å². The number of rotatable bonds is 3. The fraction of sp³-hybridized carbons (Fsp3) is 0.273. The quantitative estimate of drug-likeness (QED) is 0.755. The molecule has 0 saturated heterocycles. The maximum atomic E-state index is 11.8. The van der Waals surface area contributed by atoms with Gasteiger partial charge in [0.15, 0.2) is 0 Å². The van der Waals surface area contributed by atoms with Gasteiger partial charge in [0.05, 0.1) is 11.6 Å². The molecule has 0 spiro atoms. The third kappa shape index (κ3) is 1.83. The molecule has 0 aliphatic carbocycles. The first kappa shape index (κ1) is 9.71. The lowest BCUT2D eigenvalue weighted by atomic mass is 10.2. The molecule has 15 heavy (non-hydrogen) atoms. The Morgan fingerprint density at radius 3 is 3.00 bits per heavy atom. The summed E-state index contributed by atoms with van der Waals surface area (Å²) in [4.78, 5) is 18.0. The monoisotopic (exact) mass is 204 g/mol. The number of hydrogen-bond acceptors (Lipinski definition) is 3. The van der Waals surface area contributed by atoms with Crippen LogP contribution in [0.2, 0.25) is 0 Å². The average Bonchev–Trinajstić information content (AvgIpc) is 2.29. The Morgan fingerprint density at radius 2 is 2.20 bits per heavy atom. The molecule has 0 amide bonds. The second-order valence-electron chi connectivity index (χ2n) is 3.24. The lowest BCUT2D eigenvalue weighted by molar-refractivity contribution is 0.0734. The highest BCUT2D eigenvalue weighted by Gasteiger charge is 2.02. The molecule has 0 aliphatic rings.